The van der Waals surface area contributed by atoms with Crippen molar-refractivity contribution in [3.8, 4) is 22.8 Å². The van der Waals surface area contributed by atoms with E-state index in [0.717, 1.165) is 25.9 Å². The van der Waals surface area contributed by atoms with Gasteiger partial charge < -0.3 is 14.8 Å². The highest BCUT2D eigenvalue weighted by Crippen LogP contribution is 2.31. The van der Waals surface area contributed by atoms with Crippen LogP contribution in [0.4, 0.5) is 4.39 Å². The Balaban J connectivity index is 1.78. The number of hydrogen-bond donors (Lipinski definition) is 1. The van der Waals surface area contributed by atoms with Gasteiger partial charge in [-0.15, -0.1) is 0 Å². The van der Waals surface area contributed by atoms with Crippen LogP contribution < -0.4 is 14.8 Å². The van der Waals surface area contributed by atoms with Gasteiger partial charge in [-0.3, -0.25) is 4.79 Å². The third-order valence-corrected chi connectivity index (χ3v) is 4.07. The van der Waals surface area contributed by atoms with E-state index in [9.17, 15) is 9.18 Å². The van der Waals surface area contributed by atoms with Crippen molar-refractivity contribution < 1.29 is 18.7 Å². The number of nitrogens with zero attached hydrogens (tertiary/aromatic N) is 1. The summed E-state index contributed by atoms with van der Waals surface area (Å²) in [6.07, 6.45) is 2.83. The van der Waals surface area contributed by atoms with Gasteiger partial charge in [0.2, 0.25) is 0 Å². The van der Waals surface area contributed by atoms with Gasteiger partial charge in [0.1, 0.15) is 11.4 Å². The summed E-state index contributed by atoms with van der Waals surface area (Å²) in [5, 5.41) is 3.19. The van der Waals surface area contributed by atoms with Crippen LogP contribution >= 0.6 is 0 Å². The molecular formula is C18H19FN2O3. The van der Waals surface area contributed by atoms with Gasteiger partial charge in [0.15, 0.2) is 11.6 Å². The molecule has 0 unspecified atom stereocenters. The van der Waals surface area contributed by atoms with Gasteiger partial charge in [0.25, 0.3) is 0 Å². The smallest absolute Gasteiger partial charge is 0.314 e. The molecule has 0 radical (unpaired) electrons. The second kappa shape index (κ2) is 7.40. The van der Waals surface area contributed by atoms with Gasteiger partial charge in [0.05, 0.1) is 19.2 Å². The van der Waals surface area contributed by atoms with Crippen LogP contribution in [0.1, 0.15) is 12.8 Å². The van der Waals surface area contributed by atoms with Crippen molar-refractivity contribution in [2.75, 3.05) is 20.2 Å². The van der Waals surface area contributed by atoms with Gasteiger partial charge in [-0.1, -0.05) is 12.1 Å². The molecule has 0 aliphatic carbocycles. The lowest BCUT2D eigenvalue weighted by Gasteiger charge is -2.20. The third-order valence-electron chi connectivity index (χ3n) is 4.07. The number of halogens is 1. The summed E-state index contributed by atoms with van der Waals surface area (Å²) in [4.78, 5) is 16.2. The first-order chi connectivity index (χ1) is 11.7. The normalized spacial score (nSPS) is 15.1. The number of methoxy groups -OCH3 is 1. The molecule has 1 aromatic heterocycles. The number of para-hydroxylation sites is 1. The van der Waals surface area contributed by atoms with Crippen molar-refractivity contribution in [2.24, 2.45) is 5.92 Å². The molecule has 2 heterocycles. The van der Waals surface area contributed by atoms with Gasteiger partial charge in [-0.25, -0.2) is 9.37 Å². The molecule has 1 aliphatic rings. The van der Waals surface area contributed by atoms with Crippen LogP contribution in [0.15, 0.2) is 36.5 Å². The zero-order valence-electron chi connectivity index (χ0n) is 13.4. The highest BCUT2D eigenvalue weighted by Gasteiger charge is 2.23. The molecule has 1 N–H and O–H groups in total. The molecule has 1 aliphatic heterocycles. The molecule has 3 rings (SSSR count). The second-order valence-electron chi connectivity index (χ2n) is 5.65. The number of hydrogen-bond acceptors (Lipinski definition) is 5. The Morgan fingerprint density at radius 2 is 2.04 bits per heavy atom. The Morgan fingerprint density at radius 3 is 2.75 bits per heavy atom. The van der Waals surface area contributed by atoms with E-state index in [2.05, 4.69) is 10.3 Å². The van der Waals surface area contributed by atoms with E-state index in [0.29, 0.717) is 11.3 Å². The second-order valence-corrected chi connectivity index (χ2v) is 5.65. The Labute approximate surface area is 139 Å². The number of aromatic nitrogens is 1. The number of esters is 1. The zero-order chi connectivity index (χ0) is 16.9. The van der Waals surface area contributed by atoms with Crippen LogP contribution in [-0.2, 0) is 4.79 Å². The predicted molar refractivity (Wildman–Crippen MR) is 87.4 cm³/mol. The molecular weight excluding hydrogens is 311 g/mol. The van der Waals surface area contributed by atoms with Crippen LogP contribution in [-0.4, -0.2) is 31.2 Å². The number of piperidine rings is 1. The van der Waals surface area contributed by atoms with Crippen molar-refractivity contribution in [3.05, 3.63) is 42.3 Å². The van der Waals surface area contributed by atoms with Crippen molar-refractivity contribution in [2.45, 2.75) is 12.8 Å². The predicted octanol–water partition coefficient (Wildman–Crippen LogP) is 2.80. The third kappa shape index (κ3) is 3.54. The molecule has 1 saturated heterocycles. The minimum Gasteiger partial charge on any atom is -0.496 e. The molecule has 1 aromatic carbocycles. The Bertz CT molecular complexity index is 730. The van der Waals surface area contributed by atoms with Crippen LogP contribution in [0.5, 0.6) is 11.5 Å². The molecule has 5 nitrogen and oxygen atoms in total. The fraction of sp³-hybridized carbons (Fsp3) is 0.333. The topological polar surface area (TPSA) is 60.5 Å². The maximum absolute atomic E-state index is 14.4. The molecule has 0 bridgehead atoms. The lowest BCUT2D eigenvalue weighted by atomic mass is 9.98. The van der Waals surface area contributed by atoms with Gasteiger partial charge in [0, 0.05) is 11.6 Å². The summed E-state index contributed by atoms with van der Waals surface area (Å²) in [6, 6.07) is 8.24. The largest absolute Gasteiger partial charge is 0.496 e. The lowest BCUT2D eigenvalue weighted by molar-refractivity contribution is -0.139. The molecule has 2 aromatic rings. The number of nitrogens with one attached hydrogen (secondary N) is 1. The monoisotopic (exact) mass is 330 g/mol. The highest BCUT2D eigenvalue weighted by atomic mass is 19.1. The van der Waals surface area contributed by atoms with Crippen LogP contribution in [0, 0.1) is 11.7 Å². The van der Waals surface area contributed by atoms with E-state index < -0.39 is 5.82 Å². The number of carbonyl (C=O) groups is 1. The summed E-state index contributed by atoms with van der Waals surface area (Å²) in [5.74, 6) is -0.390. The Morgan fingerprint density at radius 1 is 1.29 bits per heavy atom. The molecule has 1 fully saturated rings. The van der Waals surface area contributed by atoms with Gasteiger partial charge in [-0.05, 0) is 38.1 Å². The fourth-order valence-electron chi connectivity index (χ4n) is 2.77. The van der Waals surface area contributed by atoms with E-state index in [-0.39, 0.29) is 23.3 Å². The first-order valence-corrected chi connectivity index (χ1v) is 7.90. The standard InChI is InChI=1S/C18H19FN2O3/c1-23-16-5-3-2-4-14(16)17-15(19)10-13(11-21-17)24-18(22)12-6-8-20-9-7-12/h2-5,10-12,20H,6-9H2,1H3. The molecule has 0 spiro atoms. The molecule has 24 heavy (non-hydrogen) atoms. The van der Waals surface area contributed by atoms with Crippen molar-refractivity contribution in [1.29, 1.82) is 0 Å². The van der Waals surface area contributed by atoms with Crippen LogP contribution in [0.2, 0.25) is 0 Å². The maximum Gasteiger partial charge on any atom is 0.314 e. The fourth-order valence-corrected chi connectivity index (χ4v) is 2.77. The average molecular weight is 330 g/mol. The number of pyridine rings is 1. The first-order valence-electron chi connectivity index (χ1n) is 7.90. The minimum atomic E-state index is -0.560. The summed E-state index contributed by atoms with van der Waals surface area (Å²) in [7, 11) is 1.52. The van der Waals surface area contributed by atoms with Crippen LogP contribution in [0.3, 0.4) is 0 Å². The molecule has 0 atom stereocenters. The minimum absolute atomic E-state index is 0.120. The summed E-state index contributed by atoms with van der Waals surface area (Å²) >= 11 is 0. The summed E-state index contributed by atoms with van der Waals surface area (Å²) < 4.78 is 24.9. The highest BCUT2D eigenvalue weighted by molar-refractivity contribution is 5.75. The molecule has 0 amide bonds. The van der Waals surface area contributed by atoms with E-state index >= 15 is 0 Å². The van der Waals surface area contributed by atoms with Gasteiger partial charge >= 0.3 is 5.97 Å². The average Bonchev–Trinajstić information content (AvgIpc) is 2.62. The van der Waals surface area contributed by atoms with Crippen molar-refractivity contribution >= 4 is 5.97 Å². The molecule has 126 valence electrons. The first kappa shape index (κ1) is 16.4. The molecule has 6 heteroatoms. The summed E-state index contributed by atoms with van der Waals surface area (Å²) in [5.41, 5.74) is 0.711. The number of rotatable bonds is 4. The Hall–Kier alpha value is -2.47. The van der Waals surface area contributed by atoms with E-state index in [1.165, 1.54) is 19.4 Å². The SMILES string of the molecule is COc1ccccc1-c1ncc(OC(=O)C2CCNCC2)cc1F. The number of ether oxygens (including phenoxy) is 2. The van der Waals surface area contributed by atoms with E-state index in [4.69, 9.17) is 9.47 Å². The van der Waals surface area contributed by atoms with Crippen molar-refractivity contribution in [3.63, 3.8) is 0 Å². The lowest BCUT2D eigenvalue weighted by Crippen LogP contribution is -2.33. The Kier molecular flexibility index (Phi) is 5.05. The summed E-state index contributed by atoms with van der Waals surface area (Å²) in [6.45, 7) is 1.58. The quantitative estimate of drug-likeness (QED) is 0.874. The molecule has 0 saturated carbocycles. The van der Waals surface area contributed by atoms with E-state index in [1.807, 2.05) is 0 Å². The van der Waals surface area contributed by atoms with Gasteiger partial charge in [-0.2, -0.15) is 0 Å². The zero-order valence-corrected chi connectivity index (χ0v) is 13.4. The number of carbonyl (C=O) groups excluding carboxylic acids is 1. The van der Waals surface area contributed by atoms with Crippen molar-refractivity contribution in [1.82, 2.24) is 10.3 Å². The van der Waals surface area contributed by atoms with Crippen LogP contribution in [0.25, 0.3) is 11.3 Å². The maximum atomic E-state index is 14.4. The number of benzene rings is 1. The van der Waals surface area contributed by atoms with E-state index in [1.54, 1.807) is 24.3 Å².